The van der Waals surface area contributed by atoms with Crippen molar-refractivity contribution in [3.8, 4) is 0 Å². The second-order valence-corrected chi connectivity index (χ2v) is 4.72. The molecule has 92 valence electrons. The van der Waals surface area contributed by atoms with Gasteiger partial charge in [0.15, 0.2) is 5.65 Å². The summed E-state index contributed by atoms with van der Waals surface area (Å²) >= 11 is 5.92. The van der Waals surface area contributed by atoms with E-state index in [4.69, 9.17) is 11.6 Å². The molecule has 1 N–H and O–H groups in total. The minimum absolute atomic E-state index is 0.249. The first-order valence-electron chi connectivity index (χ1n) is 5.73. The second-order valence-electron chi connectivity index (χ2n) is 4.38. The van der Waals surface area contributed by atoms with E-state index in [9.17, 15) is 0 Å². The molecule has 0 aliphatic heterocycles. The van der Waals surface area contributed by atoms with Crippen molar-refractivity contribution in [2.45, 2.75) is 20.8 Å². The van der Waals surface area contributed by atoms with Crippen LogP contribution in [0.25, 0.3) is 11.0 Å². The van der Waals surface area contributed by atoms with Crippen molar-refractivity contribution in [2.24, 2.45) is 5.92 Å². The lowest BCUT2D eigenvalue weighted by Gasteiger charge is -2.24. The minimum Gasteiger partial charge on any atom is -0.356 e. The summed E-state index contributed by atoms with van der Waals surface area (Å²) < 4.78 is 0. The largest absolute Gasteiger partial charge is 0.356 e. The maximum atomic E-state index is 5.92. The molecule has 0 aliphatic rings. The topological polar surface area (TPSA) is 57.7 Å². The highest BCUT2D eigenvalue weighted by Crippen LogP contribution is 2.24. The van der Waals surface area contributed by atoms with Crippen molar-refractivity contribution < 1.29 is 0 Å². The molecular weight excluding hydrogens is 238 g/mol. The fourth-order valence-corrected chi connectivity index (χ4v) is 2.00. The molecule has 0 aliphatic carbocycles. The van der Waals surface area contributed by atoms with Gasteiger partial charge in [-0.15, -0.1) is 0 Å². The smallest absolute Gasteiger partial charge is 0.226 e. The van der Waals surface area contributed by atoms with Crippen molar-refractivity contribution in [3.05, 3.63) is 11.5 Å². The van der Waals surface area contributed by atoms with Crippen LogP contribution in [0.15, 0.2) is 6.20 Å². The Morgan fingerprint density at radius 1 is 1.41 bits per heavy atom. The monoisotopic (exact) mass is 253 g/mol. The number of anilines is 1. The fraction of sp³-hybridized carbons (Fsp3) is 0.545. The van der Waals surface area contributed by atoms with Crippen LogP contribution in [0, 0.1) is 5.92 Å². The summed E-state index contributed by atoms with van der Waals surface area (Å²) in [7, 11) is 0. The molecule has 0 unspecified atom stereocenters. The second kappa shape index (κ2) is 4.87. The molecule has 5 nitrogen and oxygen atoms in total. The van der Waals surface area contributed by atoms with E-state index in [2.05, 4.69) is 45.8 Å². The third-order valence-corrected chi connectivity index (χ3v) is 2.70. The summed E-state index contributed by atoms with van der Waals surface area (Å²) in [6.07, 6.45) is 1.74. The molecule has 0 amide bonds. The molecule has 6 heteroatoms. The summed E-state index contributed by atoms with van der Waals surface area (Å²) in [6.45, 7) is 8.27. The van der Waals surface area contributed by atoms with Crippen molar-refractivity contribution in [1.29, 1.82) is 0 Å². The Labute approximate surface area is 105 Å². The predicted octanol–water partition coefficient (Wildman–Crippen LogP) is 2.49. The summed E-state index contributed by atoms with van der Waals surface area (Å²) in [5, 5.41) is 7.97. The molecule has 0 aromatic carbocycles. The molecule has 0 spiro atoms. The van der Waals surface area contributed by atoms with E-state index >= 15 is 0 Å². The number of H-pyrrole nitrogens is 1. The minimum atomic E-state index is 0.249. The van der Waals surface area contributed by atoms with Crippen LogP contribution in [0.1, 0.15) is 20.8 Å². The zero-order chi connectivity index (χ0) is 12.4. The molecule has 2 heterocycles. The van der Waals surface area contributed by atoms with Gasteiger partial charge in [0.05, 0.1) is 11.6 Å². The molecule has 0 saturated heterocycles. The molecule has 0 atom stereocenters. The van der Waals surface area contributed by atoms with Gasteiger partial charge < -0.3 is 4.90 Å². The summed E-state index contributed by atoms with van der Waals surface area (Å²) in [6, 6.07) is 0. The van der Waals surface area contributed by atoms with Crippen LogP contribution in [-0.4, -0.2) is 33.3 Å². The average Bonchev–Trinajstić information content (AvgIpc) is 2.72. The van der Waals surface area contributed by atoms with E-state index < -0.39 is 0 Å². The molecule has 0 saturated carbocycles. The van der Waals surface area contributed by atoms with Gasteiger partial charge in [-0.05, 0) is 24.4 Å². The van der Waals surface area contributed by atoms with E-state index in [0.717, 1.165) is 24.3 Å². The Hall–Kier alpha value is -1.36. The predicted molar refractivity (Wildman–Crippen MR) is 69.4 cm³/mol. The van der Waals surface area contributed by atoms with Crippen LogP contribution < -0.4 is 4.90 Å². The van der Waals surface area contributed by atoms with Crippen molar-refractivity contribution in [1.82, 2.24) is 20.2 Å². The number of nitrogens with zero attached hydrogens (tertiary/aromatic N) is 4. The van der Waals surface area contributed by atoms with Crippen molar-refractivity contribution >= 4 is 28.5 Å². The van der Waals surface area contributed by atoms with Gasteiger partial charge in [-0.3, -0.25) is 5.10 Å². The molecule has 17 heavy (non-hydrogen) atoms. The lowest BCUT2D eigenvalue weighted by Crippen LogP contribution is -2.28. The highest BCUT2D eigenvalue weighted by atomic mass is 35.5. The van der Waals surface area contributed by atoms with Gasteiger partial charge in [0.25, 0.3) is 0 Å². The van der Waals surface area contributed by atoms with Gasteiger partial charge in [0.1, 0.15) is 5.82 Å². The first-order chi connectivity index (χ1) is 8.11. The van der Waals surface area contributed by atoms with E-state index in [1.165, 1.54) is 0 Å². The van der Waals surface area contributed by atoms with Crippen LogP contribution >= 0.6 is 11.6 Å². The first kappa shape index (κ1) is 12.1. The third-order valence-electron chi connectivity index (χ3n) is 2.53. The summed E-state index contributed by atoms with van der Waals surface area (Å²) in [5.74, 6) is 1.41. The highest BCUT2D eigenvalue weighted by Gasteiger charge is 2.15. The fourth-order valence-electron chi connectivity index (χ4n) is 1.84. The van der Waals surface area contributed by atoms with Gasteiger partial charge in [-0.1, -0.05) is 13.8 Å². The standard InChI is InChI=1S/C11H16ClN5/c1-4-17(6-7(2)3)10-8-5-13-16-9(8)14-11(12)15-10/h5,7H,4,6H2,1-3H3,(H,13,14,15,16). The lowest BCUT2D eigenvalue weighted by molar-refractivity contribution is 0.615. The maximum Gasteiger partial charge on any atom is 0.226 e. The van der Waals surface area contributed by atoms with Gasteiger partial charge >= 0.3 is 0 Å². The number of nitrogens with one attached hydrogen (secondary N) is 1. The molecule has 0 fully saturated rings. The van der Waals surface area contributed by atoms with E-state index in [1.54, 1.807) is 6.20 Å². The van der Waals surface area contributed by atoms with E-state index in [0.29, 0.717) is 11.6 Å². The lowest BCUT2D eigenvalue weighted by atomic mass is 10.2. The number of rotatable bonds is 4. The SMILES string of the molecule is CCN(CC(C)C)c1nc(Cl)nc2[nH]ncc12. The van der Waals surface area contributed by atoms with Crippen molar-refractivity contribution in [3.63, 3.8) is 0 Å². The van der Waals surface area contributed by atoms with E-state index in [1.807, 2.05) is 0 Å². The van der Waals surface area contributed by atoms with Crippen molar-refractivity contribution in [2.75, 3.05) is 18.0 Å². The number of aromatic amines is 1. The van der Waals surface area contributed by atoms with Gasteiger partial charge in [0.2, 0.25) is 5.28 Å². The van der Waals surface area contributed by atoms with Crippen LogP contribution in [0.4, 0.5) is 5.82 Å². The molecule has 0 radical (unpaired) electrons. The number of halogens is 1. The average molecular weight is 254 g/mol. The Morgan fingerprint density at radius 2 is 2.18 bits per heavy atom. The van der Waals surface area contributed by atoms with Crippen LogP contribution in [0.2, 0.25) is 5.28 Å². The molecule has 2 aromatic rings. The highest BCUT2D eigenvalue weighted by molar-refractivity contribution is 6.28. The van der Waals surface area contributed by atoms with Gasteiger partial charge in [-0.2, -0.15) is 15.1 Å². The zero-order valence-electron chi connectivity index (χ0n) is 10.2. The number of hydrogen-bond donors (Lipinski definition) is 1. The van der Waals surface area contributed by atoms with Gasteiger partial charge in [0, 0.05) is 13.1 Å². The third kappa shape index (κ3) is 2.49. The normalized spacial score (nSPS) is 11.4. The Bertz CT molecular complexity index is 508. The Kier molecular flexibility index (Phi) is 3.47. The maximum absolute atomic E-state index is 5.92. The molecule has 0 bridgehead atoms. The number of fused-ring (bicyclic) bond motifs is 1. The Balaban J connectivity index is 2.47. The summed E-state index contributed by atoms with van der Waals surface area (Å²) in [4.78, 5) is 10.6. The van der Waals surface area contributed by atoms with Crippen LogP contribution in [0.5, 0.6) is 0 Å². The molecule has 2 rings (SSSR count). The van der Waals surface area contributed by atoms with Gasteiger partial charge in [-0.25, -0.2) is 0 Å². The van der Waals surface area contributed by atoms with Crippen LogP contribution in [0.3, 0.4) is 0 Å². The van der Waals surface area contributed by atoms with Crippen LogP contribution in [-0.2, 0) is 0 Å². The first-order valence-corrected chi connectivity index (χ1v) is 6.11. The summed E-state index contributed by atoms with van der Waals surface area (Å²) in [5.41, 5.74) is 0.683. The number of aromatic nitrogens is 4. The Morgan fingerprint density at radius 3 is 2.82 bits per heavy atom. The molecule has 2 aromatic heterocycles. The number of hydrogen-bond acceptors (Lipinski definition) is 4. The quantitative estimate of drug-likeness (QED) is 0.851. The zero-order valence-corrected chi connectivity index (χ0v) is 11.0. The van der Waals surface area contributed by atoms with E-state index in [-0.39, 0.29) is 5.28 Å². The molecular formula is C11H16ClN5.